The summed E-state index contributed by atoms with van der Waals surface area (Å²) in [5, 5.41) is 5.81. The predicted molar refractivity (Wildman–Crippen MR) is 109 cm³/mol. The number of benzene rings is 1. The molecule has 1 saturated carbocycles. The highest BCUT2D eigenvalue weighted by atomic mass is 32.2. The van der Waals surface area contributed by atoms with Gasteiger partial charge in [-0.3, -0.25) is 10.1 Å². The van der Waals surface area contributed by atoms with E-state index in [1.165, 1.54) is 11.0 Å². The highest BCUT2D eigenvalue weighted by Crippen LogP contribution is 2.31. The molecular weight excluding hydrogens is 443 g/mol. The van der Waals surface area contributed by atoms with Crippen LogP contribution in [-0.4, -0.2) is 54.3 Å². The molecule has 2 heterocycles. The fourth-order valence-electron chi connectivity index (χ4n) is 3.35. The van der Waals surface area contributed by atoms with Gasteiger partial charge in [-0.15, -0.1) is 0 Å². The zero-order chi connectivity index (χ0) is 22.9. The molecule has 0 unspecified atom stereocenters. The Bertz CT molecular complexity index is 1130. The topological polar surface area (TPSA) is 132 Å². The van der Waals surface area contributed by atoms with Gasteiger partial charge < -0.3 is 14.2 Å². The first-order valence-corrected chi connectivity index (χ1v) is 12.0. The average molecular weight is 466 g/mol. The summed E-state index contributed by atoms with van der Waals surface area (Å²) < 4.78 is 49.9. The zero-order valence-corrected chi connectivity index (χ0v) is 18.2. The number of imide groups is 1. The Morgan fingerprint density at radius 1 is 1.34 bits per heavy atom. The molecule has 0 radical (unpaired) electrons. The van der Waals surface area contributed by atoms with Gasteiger partial charge in [0.25, 0.3) is 0 Å². The molecule has 1 aliphatic heterocycles. The van der Waals surface area contributed by atoms with Crippen LogP contribution in [0.4, 0.5) is 9.18 Å². The third-order valence-corrected chi connectivity index (χ3v) is 6.95. The van der Waals surface area contributed by atoms with Crippen LogP contribution in [0.15, 0.2) is 22.7 Å². The lowest BCUT2D eigenvalue weighted by Gasteiger charge is -2.14. The van der Waals surface area contributed by atoms with Crippen LogP contribution in [-0.2, 0) is 26.9 Å². The molecule has 1 aliphatic carbocycles. The van der Waals surface area contributed by atoms with Crippen LogP contribution in [0, 0.1) is 11.7 Å². The van der Waals surface area contributed by atoms with Crippen molar-refractivity contribution in [3.8, 4) is 5.75 Å². The van der Waals surface area contributed by atoms with Gasteiger partial charge in [-0.05, 0) is 42.4 Å². The van der Waals surface area contributed by atoms with Crippen molar-refractivity contribution in [1.29, 1.82) is 0 Å². The molecule has 3 amide bonds. The molecule has 1 atom stereocenters. The number of nitrogens with one attached hydrogen (secondary N) is 1. The molecule has 2 fully saturated rings. The van der Waals surface area contributed by atoms with E-state index in [0.717, 1.165) is 12.8 Å². The monoisotopic (exact) mass is 466 g/mol. The van der Waals surface area contributed by atoms with Gasteiger partial charge >= 0.3 is 6.03 Å². The predicted octanol–water partition coefficient (Wildman–Crippen LogP) is 1.77. The van der Waals surface area contributed by atoms with Crippen LogP contribution in [0.25, 0.3) is 0 Å². The Kier molecular flexibility index (Phi) is 6.13. The molecule has 2 aliphatic rings. The molecule has 0 spiro atoms. The molecule has 2 aromatic rings. The van der Waals surface area contributed by atoms with Crippen LogP contribution >= 0.6 is 0 Å². The van der Waals surface area contributed by atoms with Gasteiger partial charge in [0.1, 0.15) is 12.3 Å². The van der Waals surface area contributed by atoms with Crippen LogP contribution < -0.4 is 10.1 Å². The van der Waals surface area contributed by atoms with Gasteiger partial charge in [-0.1, -0.05) is 18.1 Å². The number of nitrogens with zero attached hydrogens (tertiary/aromatic N) is 3. The Hall–Kier alpha value is -3.02. The van der Waals surface area contributed by atoms with E-state index < -0.39 is 39.3 Å². The third kappa shape index (κ3) is 5.61. The second-order valence-electron chi connectivity index (χ2n) is 8.21. The van der Waals surface area contributed by atoms with Gasteiger partial charge in [0.05, 0.1) is 18.9 Å². The fourth-order valence-corrected chi connectivity index (χ4v) is 4.91. The smallest absolute Gasteiger partial charge is 0.324 e. The normalized spacial score (nSPS) is 17.5. The number of hydrogen-bond acceptors (Lipinski definition) is 8. The zero-order valence-electron chi connectivity index (χ0n) is 17.4. The minimum Gasteiger partial charge on any atom is -0.490 e. The summed E-state index contributed by atoms with van der Waals surface area (Å²) in [5.41, 5.74) is 0.650. The molecule has 1 saturated heterocycles. The number of amides is 3. The van der Waals surface area contributed by atoms with Crippen LogP contribution in [0.3, 0.4) is 0 Å². The van der Waals surface area contributed by atoms with E-state index in [4.69, 9.17) is 9.26 Å². The van der Waals surface area contributed by atoms with E-state index in [1.54, 1.807) is 19.1 Å². The van der Waals surface area contributed by atoms with Crippen molar-refractivity contribution in [2.75, 3.05) is 18.9 Å². The average Bonchev–Trinajstić information content (AvgIpc) is 3.36. The SMILES string of the molecule is C[C@@H](CS(=O)(=O)Cc1nc(CN2CC(=O)NC2=O)no1)c1ccc(F)c(OCC2CC2)c1. The molecule has 32 heavy (non-hydrogen) atoms. The Morgan fingerprint density at radius 2 is 2.12 bits per heavy atom. The summed E-state index contributed by atoms with van der Waals surface area (Å²) in [6.45, 7) is 2.00. The second-order valence-corrected chi connectivity index (χ2v) is 10.3. The molecule has 12 heteroatoms. The molecule has 0 bridgehead atoms. The largest absolute Gasteiger partial charge is 0.490 e. The number of carbonyl (C=O) groups excluding carboxylic acids is 2. The number of halogens is 1. The number of ether oxygens (including phenoxy) is 1. The van der Waals surface area contributed by atoms with Crippen molar-refractivity contribution < 1.29 is 31.7 Å². The van der Waals surface area contributed by atoms with Gasteiger partial charge in [0.15, 0.2) is 27.2 Å². The summed E-state index contributed by atoms with van der Waals surface area (Å²) in [4.78, 5) is 28.0. The maximum atomic E-state index is 14.0. The van der Waals surface area contributed by atoms with Crippen molar-refractivity contribution in [1.82, 2.24) is 20.4 Å². The Morgan fingerprint density at radius 3 is 2.81 bits per heavy atom. The maximum absolute atomic E-state index is 14.0. The van der Waals surface area contributed by atoms with Crippen molar-refractivity contribution in [2.24, 2.45) is 5.92 Å². The van der Waals surface area contributed by atoms with Gasteiger partial charge in [0.2, 0.25) is 11.8 Å². The van der Waals surface area contributed by atoms with E-state index in [0.29, 0.717) is 18.1 Å². The van der Waals surface area contributed by atoms with Gasteiger partial charge in [-0.2, -0.15) is 4.98 Å². The molecule has 10 nitrogen and oxygen atoms in total. The number of rotatable bonds is 10. The standard InChI is InChI=1S/C20H23FN4O6S/c1-12(14-4-5-15(21)16(6-14)30-9-13-2-3-13)10-32(28,29)11-19-22-17(24-31-19)7-25-8-18(26)23-20(25)27/h4-6,12-13H,2-3,7-11H2,1H3,(H,23,26,27)/t12-/m0/s1. The van der Waals surface area contributed by atoms with Crippen LogP contribution in [0.5, 0.6) is 5.75 Å². The minimum atomic E-state index is -3.63. The van der Waals surface area contributed by atoms with E-state index >= 15 is 0 Å². The molecule has 172 valence electrons. The van der Waals surface area contributed by atoms with Gasteiger partial charge in [-0.25, -0.2) is 17.6 Å². The lowest BCUT2D eigenvalue weighted by atomic mass is 10.0. The fraction of sp³-hybridized carbons (Fsp3) is 0.500. The number of aromatic nitrogens is 2. The number of sulfone groups is 1. The molecule has 1 N–H and O–H groups in total. The van der Waals surface area contributed by atoms with E-state index in [9.17, 15) is 22.4 Å². The minimum absolute atomic E-state index is 0.0727. The van der Waals surface area contributed by atoms with Crippen LogP contribution in [0.1, 0.15) is 43.0 Å². The summed E-state index contributed by atoms with van der Waals surface area (Å²) >= 11 is 0. The quantitative estimate of drug-likeness (QED) is 0.524. The second kappa shape index (κ2) is 8.85. The lowest BCUT2D eigenvalue weighted by Crippen LogP contribution is -2.28. The van der Waals surface area contributed by atoms with E-state index in [1.807, 2.05) is 0 Å². The Balaban J connectivity index is 1.36. The van der Waals surface area contributed by atoms with Crippen molar-refractivity contribution in [3.05, 3.63) is 41.3 Å². The highest BCUT2D eigenvalue weighted by molar-refractivity contribution is 7.90. The van der Waals surface area contributed by atoms with Crippen molar-refractivity contribution in [3.63, 3.8) is 0 Å². The number of hydrogen-bond donors (Lipinski definition) is 1. The summed E-state index contributed by atoms with van der Waals surface area (Å²) in [7, 11) is -3.63. The first kappa shape index (κ1) is 22.2. The first-order valence-electron chi connectivity index (χ1n) is 10.2. The molecule has 4 rings (SSSR count). The molecule has 1 aromatic carbocycles. The summed E-state index contributed by atoms with van der Waals surface area (Å²) in [6, 6.07) is 3.81. The first-order chi connectivity index (χ1) is 15.2. The van der Waals surface area contributed by atoms with Gasteiger partial charge in [0, 0.05) is 0 Å². The number of urea groups is 1. The molecule has 1 aromatic heterocycles. The lowest BCUT2D eigenvalue weighted by molar-refractivity contribution is -0.118. The maximum Gasteiger partial charge on any atom is 0.324 e. The summed E-state index contributed by atoms with van der Waals surface area (Å²) in [5.74, 6) is -1.41. The third-order valence-electron chi connectivity index (χ3n) is 5.25. The van der Waals surface area contributed by atoms with Crippen molar-refractivity contribution in [2.45, 2.75) is 38.0 Å². The molecular formula is C20H23FN4O6S. The van der Waals surface area contributed by atoms with Crippen LogP contribution in [0.2, 0.25) is 0 Å². The highest BCUT2D eigenvalue weighted by Gasteiger charge is 2.29. The summed E-state index contributed by atoms with van der Waals surface area (Å²) in [6.07, 6.45) is 2.16. The van der Waals surface area contributed by atoms with E-state index in [-0.39, 0.29) is 36.3 Å². The van der Waals surface area contributed by atoms with Crippen molar-refractivity contribution >= 4 is 21.8 Å². The van der Waals surface area contributed by atoms with E-state index in [2.05, 4.69) is 15.5 Å². The Labute approximate surface area is 184 Å². The number of carbonyl (C=O) groups is 2.